The second-order valence-corrected chi connectivity index (χ2v) is 5.96. The molecular weight excluding hydrogens is 363 g/mol. The van der Waals surface area contributed by atoms with E-state index in [1.54, 1.807) is 24.3 Å². The quantitative estimate of drug-likeness (QED) is 0.664. The van der Waals surface area contributed by atoms with Crippen molar-refractivity contribution >= 4 is 39.1 Å². The van der Waals surface area contributed by atoms with Crippen LogP contribution in [0, 0.1) is 0 Å². The molecular formula is C15H13BrCl2O2. The first kappa shape index (κ1) is 15.6. The first-order valence-corrected chi connectivity index (χ1v) is 7.66. The lowest BCUT2D eigenvalue weighted by atomic mass is 10.1. The Morgan fingerprint density at radius 2 is 1.80 bits per heavy atom. The van der Waals surface area contributed by atoms with E-state index in [0.29, 0.717) is 28.0 Å². The summed E-state index contributed by atoms with van der Waals surface area (Å²) in [5, 5.41) is 10.7. The lowest BCUT2D eigenvalue weighted by Crippen LogP contribution is -1.94. The summed E-state index contributed by atoms with van der Waals surface area (Å²) in [6.45, 7) is 1.93. The maximum Gasteiger partial charge on any atom is 0.147 e. The van der Waals surface area contributed by atoms with Crippen LogP contribution >= 0.6 is 39.1 Å². The van der Waals surface area contributed by atoms with Gasteiger partial charge in [-0.15, -0.1) is 0 Å². The van der Waals surface area contributed by atoms with Crippen LogP contribution in [0.2, 0.25) is 10.0 Å². The van der Waals surface area contributed by atoms with Crippen LogP contribution in [0.25, 0.3) is 0 Å². The number of rotatable bonds is 4. The minimum atomic E-state index is -0.449. The van der Waals surface area contributed by atoms with Crippen molar-refractivity contribution in [2.75, 3.05) is 0 Å². The van der Waals surface area contributed by atoms with Crippen LogP contribution in [0.4, 0.5) is 0 Å². The molecule has 2 aromatic rings. The number of hydrogen-bond donors (Lipinski definition) is 1. The summed E-state index contributed by atoms with van der Waals surface area (Å²) in [5.74, 6) is 1.13. The summed E-state index contributed by atoms with van der Waals surface area (Å²) in [5.41, 5.74) is 0.861. The molecule has 0 heterocycles. The Morgan fingerprint density at radius 1 is 1.15 bits per heavy atom. The van der Waals surface area contributed by atoms with Crippen LogP contribution in [0.15, 0.2) is 40.9 Å². The SMILES string of the molecule is CC[C@H](O)c1ccc(Oc2cc(Cl)c(Br)cc2Cl)cc1. The Bertz CT molecular complexity index is 600. The number of ether oxygens (including phenoxy) is 1. The topological polar surface area (TPSA) is 29.5 Å². The van der Waals surface area contributed by atoms with Crippen molar-refractivity contribution in [2.45, 2.75) is 19.4 Å². The van der Waals surface area contributed by atoms with Crippen LogP contribution < -0.4 is 4.74 Å². The van der Waals surface area contributed by atoms with Crippen molar-refractivity contribution in [3.63, 3.8) is 0 Å². The molecule has 0 amide bonds. The standard InChI is InChI=1S/C15H13BrCl2O2/c1-2-14(19)9-3-5-10(6-4-9)20-15-8-12(17)11(16)7-13(15)18/h3-8,14,19H,2H2,1H3/t14-/m0/s1. The molecule has 0 aliphatic rings. The zero-order valence-electron chi connectivity index (χ0n) is 10.7. The fraction of sp³-hybridized carbons (Fsp3) is 0.200. The predicted octanol–water partition coefficient (Wildman–Crippen LogP) is 5.99. The molecule has 0 bridgehead atoms. The monoisotopic (exact) mass is 374 g/mol. The van der Waals surface area contributed by atoms with Gasteiger partial charge < -0.3 is 9.84 Å². The molecule has 5 heteroatoms. The number of aliphatic hydroxyl groups excluding tert-OH is 1. The van der Waals surface area contributed by atoms with Crippen molar-refractivity contribution in [3.05, 3.63) is 56.5 Å². The van der Waals surface area contributed by atoms with Crippen LogP contribution in [-0.2, 0) is 0 Å². The smallest absolute Gasteiger partial charge is 0.147 e. The molecule has 1 N–H and O–H groups in total. The van der Waals surface area contributed by atoms with E-state index in [-0.39, 0.29) is 0 Å². The summed E-state index contributed by atoms with van der Waals surface area (Å²) >= 11 is 15.4. The van der Waals surface area contributed by atoms with E-state index in [4.69, 9.17) is 27.9 Å². The maximum absolute atomic E-state index is 9.74. The highest BCUT2D eigenvalue weighted by Gasteiger charge is 2.09. The van der Waals surface area contributed by atoms with Crippen molar-refractivity contribution in [2.24, 2.45) is 0 Å². The lowest BCUT2D eigenvalue weighted by molar-refractivity contribution is 0.173. The molecule has 20 heavy (non-hydrogen) atoms. The van der Waals surface area contributed by atoms with E-state index in [2.05, 4.69) is 15.9 Å². The highest BCUT2D eigenvalue weighted by molar-refractivity contribution is 9.10. The van der Waals surface area contributed by atoms with Gasteiger partial charge in [0.25, 0.3) is 0 Å². The molecule has 106 valence electrons. The zero-order chi connectivity index (χ0) is 14.7. The Labute approximate surface area is 136 Å². The predicted molar refractivity (Wildman–Crippen MR) is 85.9 cm³/mol. The maximum atomic E-state index is 9.74. The Hall–Kier alpha value is -0.740. The molecule has 0 saturated carbocycles. The normalized spacial score (nSPS) is 12.2. The van der Waals surface area contributed by atoms with Gasteiger partial charge in [0.2, 0.25) is 0 Å². The molecule has 0 radical (unpaired) electrons. The molecule has 0 aliphatic carbocycles. The Balaban J connectivity index is 2.20. The third-order valence-electron chi connectivity index (χ3n) is 2.85. The molecule has 0 saturated heterocycles. The second-order valence-electron chi connectivity index (χ2n) is 4.29. The average molecular weight is 376 g/mol. The summed E-state index contributed by atoms with van der Waals surface area (Å²) in [7, 11) is 0. The number of benzene rings is 2. The van der Waals surface area contributed by atoms with Gasteiger partial charge in [0, 0.05) is 10.5 Å². The van der Waals surface area contributed by atoms with Gasteiger partial charge in [-0.05, 0) is 46.1 Å². The third kappa shape index (κ3) is 3.67. The van der Waals surface area contributed by atoms with Crippen molar-refractivity contribution in [1.82, 2.24) is 0 Å². The summed E-state index contributed by atoms with van der Waals surface area (Å²) in [6.07, 6.45) is 0.226. The van der Waals surface area contributed by atoms with E-state index >= 15 is 0 Å². The van der Waals surface area contributed by atoms with E-state index < -0.39 is 6.10 Å². The number of hydrogen-bond acceptors (Lipinski definition) is 2. The molecule has 0 unspecified atom stereocenters. The Morgan fingerprint density at radius 3 is 2.40 bits per heavy atom. The van der Waals surface area contributed by atoms with E-state index in [1.807, 2.05) is 19.1 Å². The fourth-order valence-electron chi connectivity index (χ4n) is 1.70. The summed E-state index contributed by atoms with van der Waals surface area (Å²) in [4.78, 5) is 0. The van der Waals surface area contributed by atoms with Gasteiger partial charge in [-0.3, -0.25) is 0 Å². The van der Waals surface area contributed by atoms with Crippen LogP contribution in [0.3, 0.4) is 0 Å². The van der Waals surface area contributed by atoms with Gasteiger partial charge in [0.15, 0.2) is 0 Å². The van der Waals surface area contributed by atoms with Crippen molar-refractivity contribution in [1.29, 1.82) is 0 Å². The molecule has 0 spiro atoms. The zero-order valence-corrected chi connectivity index (χ0v) is 13.8. The second kappa shape index (κ2) is 6.81. The minimum absolute atomic E-state index is 0.449. The van der Waals surface area contributed by atoms with Crippen LogP contribution in [0.5, 0.6) is 11.5 Å². The van der Waals surface area contributed by atoms with Crippen LogP contribution in [-0.4, -0.2) is 5.11 Å². The molecule has 2 nitrogen and oxygen atoms in total. The number of halogens is 3. The fourth-order valence-corrected chi connectivity index (χ4v) is 2.53. The van der Waals surface area contributed by atoms with Gasteiger partial charge >= 0.3 is 0 Å². The molecule has 0 aliphatic heterocycles. The van der Waals surface area contributed by atoms with Gasteiger partial charge in [0.1, 0.15) is 11.5 Å². The summed E-state index contributed by atoms with van der Waals surface area (Å²) < 4.78 is 6.41. The molecule has 2 aromatic carbocycles. The Kier molecular flexibility index (Phi) is 5.33. The van der Waals surface area contributed by atoms with Gasteiger partial charge in [-0.2, -0.15) is 0 Å². The van der Waals surface area contributed by atoms with E-state index in [9.17, 15) is 5.11 Å². The molecule has 0 fully saturated rings. The first-order valence-electron chi connectivity index (χ1n) is 6.11. The van der Waals surface area contributed by atoms with Gasteiger partial charge in [-0.1, -0.05) is 42.3 Å². The third-order valence-corrected chi connectivity index (χ3v) is 4.35. The highest BCUT2D eigenvalue weighted by Crippen LogP contribution is 2.36. The largest absolute Gasteiger partial charge is 0.456 e. The molecule has 2 rings (SSSR count). The highest BCUT2D eigenvalue weighted by atomic mass is 79.9. The number of aliphatic hydroxyl groups is 1. The average Bonchev–Trinajstić information content (AvgIpc) is 2.44. The molecule has 1 atom stereocenters. The van der Waals surface area contributed by atoms with Gasteiger partial charge in [-0.25, -0.2) is 0 Å². The first-order chi connectivity index (χ1) is 9.51. The van der Waals surface area contributed by atoms with E-state index in [0.717, 1.165) is 10.0 Å². The summed E-state index contributed by atoms with van der Waals surface area (Å²) in [6, 6.07) is 10.6. The lowest BCUT2D eigenvalue weighted by Gasteiger charge is -2.11. The van der Waals surface area contributed by atoms with Crippen LogP contribution in [0.1, 0.15) is 25.0 Å². The van der Waals surface area contributed by atoms with Gasteiger partial charge in [0.05, 0.1) is 16.1 Å². The molecule has 0 aromatic heterocycles. The van der Waals surface area contributed by atoms with Crippen molar-refractivity contribution < 1.29 is 9.84 Å². The van der Waals surface area contributed by atoms with Crippen molar-refractivity contribution in [3.8, 4) is 11.5 Å². The van der Waals surface area contributed by atoms with E-state index in [1.165, 1.54) is 0 Å². The minimum Gasteiger partial charge on any atom is -0.456 e.